The topological polar surface area (TPSA) is 135 Å². The molecule has 3 aliphatic rings. The minimum absolute atomic E-state index is 0.0398. The Kier molecular flexibility index (Phi) is 15.3. The van der Waals surface area contributed by atoms with Gasteiger partial charge in [0.2, 0.25) is 5.91 Å². The predicted octanol–water partition coefficient (Wildman–Crippen LogP) is 8.27. The molecule has 62 heavy (non-hydrogen) atoms. The van der Waals surface area contributed by atoms with Crippen molar-refractivity contribution in [1.82, 2.24) is 4.90 Å². The van der Waals surface area contributed by atoms with Gasteiger partial charge >= 0.3 is 6.09 Å². The van der Waals surface area contributed by atoms with Crippen LogP contribution < -0.4 is 33.5 Å². The van der Waals surface area contributed by atoms with Crippen LogP contribution in [0, 0.1) is 5.92 Å². The molecular formula is C47H65N3O11Si. The van der Waals surface area contributed by atoms with Crippen molar-refractivity contribution in [3.05, 3.63) is 65.7 Å². The second-order valence-corrected chi connectivity index (χ2v) is 24.0. The van der Waals surface area contributed by atoms with Crippen LogP contribution in [0.1, 0.15) is 63.5 Å². The maximum atomic E-state index is 15.4. The molecule has 0 bridgehead atoms. The zero-order chi connectivity index (χ0) is 44.6. The lowest BCUT2D eigenvalue weighted by atomic mass is 9.79. The van der Waals surface area contributed by atoms with E-state index in [-0.39, 0.29) is 50.3 Å². The number of likely N-dealkylation sites (tertiary alicyclic amines) is 1. The highest BCUT2D eigenvalue weighted by Gasteiger charge is 2.44. The molecule has 0 N–H and O–H groups in total. The summed E-state index contributed by atoms with van der Waals surface area (Å²) in [5.41, 5.74) is 2.26. The van der Waals surface area contributed by atoms with Gasteiger partial charge in [0.1, 0.15) is 41.0 Å². The van der Waals surface area contributed by atoms with Crippen LogP contribution in [0.5, 0.6) is 28.7 Å². The number of benzene rings is 3. The maximum Gasteiger partial charge on any atom is 0.410 e. The maximum absolute atomic E-state index is 15.4. The van der Waals surface area contributed by atoms with Gasteiger partial charge in [0.25, 0.3) is 5.91 Å². The van der Waals surface area contributed by atoms with Crippen molar-refractivity contribution < 1.29 is 52.3 Å². The molecule has 3 aromatic rings. The van der Waals surface area contributed by atoms with Crippen LogP contribution in [0.2, 0.25) is 25.7 Å². The normalized spacial score (nSPS) is 17.8. The number of rotatable bonds is 19. The number of carbonyl (C=O) groups excluding carboxylic acids is 3. The lowest BCUT2D eigenvalue weighted by Crippen LogP contribution is -2.51. The van der Waals surface area contributed by atoms with Crippen LogP contribution in [0.25, 0.3) is 0 Å². The van der Waals surface area contributed by atoms with E-state index in [4.69, 9.17) is 37.9 Å². The molecule has 2 fully saturated rings. The van der Waals surface area contributed by atoms with Crippen molar-refractivity contribution in [2.45, 2.75) is 96.3 Å². The number of methoxy groups -OCH3 is 3. The number of carbonyl (C=O) groups is 3. The molecule has 2 heterocycles. The zero-order valence-corrected chi connectivity index (χ0v) is 39.0. The van der Waals surface area contributed by atoms with Gasteiger partial charge < -0.3 is 52.6 Å². The van der Waals surface area contributed by atoms with E-state index in [2.05, 4.69) is 19.6 Å². The molecular weight excluding hydrogens is 811 g/mol. The van der Waals surface area contributed by atoms with Crippen molar-refractivity contribution >= 4 is 37.4 Å². The monoisotopic (exact) mass is 875 g/mol. The highest BCUT2D eigenvalue weighted by atomic mass is 28.3. The Bertz CT molecular complexity index is 2010. The molecule has 0 aromatic heterocycles. The number of amides is 3. The van der Waals surface area contributed by atoms with Gasteiger partial charge in [-0.1, -0.05) is 19.6 Å². The molecule has 2 atom stereocenters. The van der Waals surface area contributed by atoms with Crippen molar-refractivity contribution in [1.29, 1.82) is 0 Å². The standard InChI is InChI=1S/C47H65N3O11Si/c1-47(2,3)61-46(53)48-17-15-40(41(28-48)45(52)50(34-11-12-34)35-13-14-43-42(25-35)49(16-10-18-54-4)44(51)30-59-43)33-23-38(27-39(24-33)60-31-57-19-20-62(7,8)9)58-29-32-21-36(55-5)26-37(22-32)56-6/h13-14,21-27,34,40-41H,10-12,15-20,28-31H2,1-9H3/t40-,41+/m1/s1. The smallest absolute Gasteiger partial charge is 0.410 e. The lowest BCUT2D eigenvalue weighted by Gasteiger charge is -2.41. The minimum Gasteiger partial charge on any atom is -0.497 e. The summed E-state index contributed by atoms with van der Waals surface area (Å²) in [5, 5.41) is 0. The summed E-state index contributed by atoms with van der Waals surface area (Å²) >= 11 is 0. The van der Waals surface area contributed by atoms with Gasteiger partial charge in [0, 0.05) is 71.9 Å². The minimum atomic E-state index is -1.31. The molecule has 1 aliphatic carbocycles. The summed E-state index contributed by atoms with van der Waals surface area (Å²) in [5.74, 6) is 1.71. The fraction of sp³-hybridized carbons (Fsp3) is 0.553. The van der Waals surface area contributed by atoms with Crippen molar-refractivity contribution in [3.63, 3.8) is 0 Å². The number of fused-ring (bicyclic) bond motifs is 1. The summed E-state index contributed by atoms with van der Waals surface area (Å²) in [7, 11) is 3.54. The molecule has 0 radical (unpaired) electrons. The number of hydrogen-bond donors (Lipinski definition) is 0. The van der Waals surface area contributed by atoms with Gasteiger partial charge in [-0.2, -0.15) is 0 Å². The molecule has 3 amide bonds. The van der Waals surface area contributed by atoms with Crippen LogP contribution in [-0.2, 0) is 30.4 Å². The number of ether oxygens (including phenoxy) is 8. The van der Waals surface area contributed by atoms with Crippen LogP contribution in [0.4, 0.5) is 16.2 Å². The number of piperidine rings is 1. The Hall–Kier alpha value is -4.99. The number of anilines is 2. The highest BCUT2D eigenvalue weighted by Crippen LogP contribution is 2.44. The summed E-state index contributed by atoms with van der Waals surface area (Å²) < 4.78 is 46.6. The second kappa shape index (κ2) is 20.5. The fourth-order valence-electron chi connectivity index (χ4n) is 7.71. The Balaban J connectivity index is 1.35. The second-order valence-electron chi connectivity index (χ2n) is 18.4. The Morgan fingerprint density at radius 2 is 1.56 bits per heavy atom. The van der Waals surface area contributed by atoms with Crippen molar-refractivity contribution in [2.75, 3.05) is 77.4 Å². The van der Waals surface area contributed by atoms with E-state index in [9.17, 15) is 9.59 Å². The van der Waals surface area contributed by atoms with Gasteiger partial charge in [0.15, 0.2) is 13.4 Å². The first-order valence-corrected chi connectivity index (χ1v) is 25.3. The van der Waals surface area contributed by atoms with E-state index in [1.165, 1.54) is 0 Å². The largest absolute Gasteiger partial charge is 0.497 e. The fourth-order valence-corrected chi connectivity index (χ4v) is 8.47. The zero-order valence-electron chi connectivity index (χ0n) is 38.0. The van der Waals surface area contributed by atoms with E-state index in [1.807, 2.05) is 74.2 Å². The van der Waals surface area contributed by atoms with E-state index in [0.717, 1.165) is 30.0 Å². The van der Waals surface area contributed by atoms with E-state index >= 15 is 4.79 Å². The Labute approximate surface area is 367 Å². The van der Waals surface area contributed by atoms with Gasteiger partial charge in [0.05, 0.1) is 25.8 Å². The molecule has 338 valence electrons. The molecule has 3 aromatic carbocycles. The average molecular weight is 876 g/mol. The van der Waals surface area contributed by atoms with Crippen molar-refractivity contribution in [3.8, 4) is 28.7 Å². The third kappa shape index (κ3) is 12.6. The summed E-state index contributed by atoms with van der Waals surface area (Å²) in [6.45, 7) is 14.7. The van der Waals surface area contributed by atoms with E-state index in [1.54, 1.807) is 37.2 Å². The first-order valence-electron chi connectivity index (χ1n) is 21.6. The summed E-state index contributed by atoms with van der Waals surface area (Å²) in [6.07, 6.45) is 2.33. The SMILES string of the molecule is COCCCN1C(=O)COc2ccc(N(C(=O)[C@H]3CN(C(=O)OC(C)(C)C)CC[C@@H]3c3cc(OCOCC[Si](C)(C)C)cc(OCc4cc(OC)cc(OC)c4)c3)C3CC3)cc21. The third-order valence-corrected chi connectivity index (χ3v) is 12.8. The lowest BCUT2D eigenvalue weighted by molar-refractivity contribution is -0.124. The Morgan fingerprint density at radius 3 is 2.21 bits per heavy atom. The van der Waals surface area contributed by atoms with Crippen LogP contribution >= 0.6 is 0 Å². The molecule has 0 unspecified atom stereocenters. The molecule has 1 saturated carbocycles. The molecule has 14 nitrogen and oxygen atoms in total. The number of hydrogen-bond acceptors (Lipinski definition) is 11. The number of nitrogens with zero attached hydrogens (tertiary/aromatic N) is 3. The summed E-state index contributed by atoms with van der Waals surface area (Å²) in [4.78, 5) is 47.4. The van der Waals surface area contributed by atoms with Crippen LogP contribution in [-0.4, -0.2) is 110 Å². The predicted molar refractivity (Wildman–Crippen MR) is 240 cm³/mol. The molecule has 1 saturated heterocycles. The van der Waals surface area contributed by atoms with Gasteiger partial charge in [-0.05, 0) is 112 Å². The van der Waals surface area contributed by atoms with Crippen LogP contribution in [0.3, 0.4) is 0 Å². The van der Waals surface area contributed by atoms with E-state index < -0.39 is 25.7 Å². The van der Waals surface area contributed by atoms with E-state index in [0.29, 0.717) is 79.3 Å². The Morgan fingerprint density at radius 1 is 0.871 bits per heavy atom. The highest BCUT2D eigenvalue weighted by molar-refractivity contribution is 6.76. The first kappa shape index (κ1) is 46.5. The van der Waals surface area contributed by atoms with Crippen molar-refractivity contribution in [2.24, 2.45) is 5.92 Å². The third-order valence-electron chi connectivity index (χ3n) is 11.1. The van der Waals surface area contributed by atoms with Gasteiger partial charge in [-0.15, -0.1) is 0 Å². The molecule has 0 spiro atoms. The van der Waals surface area contributed by atoms with Crippen LogP contribution in [0.15, 0.2) is 54.6 Å². The average Bonchev–Trinajstić information content (AvgIpc) is 4.07. The van der Waals surface area contributed by atoms with Gasteiger partial charge in [-0.3, -0.25) is 9.59 Å². The molecule has 2 aliphatic heterocycles. The quantitative estimate of drug-likeness (QED) is 0.0655. The molecule has 6 rings (SSSR count). The van der Waals surface area contributed by atoms with Gasteiger partial charge in [-0.25, -0.2) is 4.79 Å². The molecule has 15 heteroatoms. The summed E-state index contributed by atoms with van der Waals surface area (Å²) in [6, 6.07) is 17.9. The first-order chi connectivity index (χ1) is 29.5.